The predicted octanol–water partition coefficient (Wildman–Crippen LogP) is 4.19. The summed E-state index contributed by atoms with van der Waals surface area (Å²) in [5.41, 5.74) is 3.23. The maximum atomic E-state index is 12.6. The van der Waals surface area contributed by atoms with Crippen LogP contribution in [0.1, 0.15) is 44.6 Å². The number of nitrogens with zero attached hydrogens (tertiary/aromatic N) is 1. The van der Waals surface area contributed by atoms with Crippen LogP contribution in [0.3, 0.4) is 0 Å². The molecule has 0 bridgehead atoms. The zero-order valence-corrected chi connectivity index (χ0v) is 15.4. The lowest BCUT2D eigenvalue weighted by molar-refractivity contribution is -0.146. The Bertz CT molecular complexity index is 733. The summed E-state index contributed by atoms with van der Waals surface area (Å²) in [6.45, 7) is 3.96. The van der Waals surface area contributed by atoms with E-state index >= 15 is 0 Å². The molecular weight excluding hydrogens is 370 g/mol. The number of benzene rings is 1. The second kappa shape index (κ2) is 7.01. The Labute approximate surface area is 150 Å². The molecule has 126 valence electrons. The van der Waals surface area contributed by atoms with Crippen LogP contribution in [0.15, 0.2) is 45.0 Å². The number of carbonyl (C=O) groups excluding carboxylic acids is 2. The number of hydrogen-bond acceptors (Lipinski definition) is 4. The standard InChI is InChI=1S/C19H20BrNO3/c1-3-24-19(23)16-11(2)21-14-5-4-6-15(22)18(14)17(16)12-7-9-13(20)10-8-12/h7-10,16-17H,3-6H2,1-2H3/t16?,17-/m1/s1. The van der Waals surface area contributed by atoms with Crippen LogP contribution in [0.2, 0.25) is 0 Å². The van der Waals surface area contributed by atoms with E-state index in [1.54, 1.807) is 6.92 Å². The number of Topliss-reactive ketones (excluding diaryl/α,β-unsaturated/α-hetero) is 1. The Hall–Kier alpha value is -1.75. The Kier molecular flexibility index (Phi) is 4.99. The Morgan fingerprint density at radius 3 is 2.67 bits per heavy atom. The highest BCUT2D eigenvalue weighted by Crippen LogP contribution is 2.43. The van der Waals surface area contributed by atoms with Crippen LogP contribution in [0.5, 0.6) is 0 Å². The smallest absolute Gasteiger partial charge is 0.315 e. The Morgan fingerprint density at radius 2 is 2.00 bits per heavy atom. The van der Waals surface area contributed by atoms with Crippen molar-refractivity contribution in [2.45, 2.75) is 39.0 Å². The summed E-state index contributed by atoms with van der Waals surface area (Å²) in [5, 5.41) is 0. The first kappa shape index (κ1) is 17.1. The van der Waals surface area contributed by atoms with Gasteiger partial charge in [-0.2, -0.15) is 0 Å². The van der Waals surface area contributed by atoms with E-state index in [0.29, 0.717) is 18.6 Å². The SMILES string of the molecule is CCOC(=O)C1C(C)=NC2=C(C(=O)CCC2)[C@@H]1c1ccc(Br)cc1. The minimum Gasteiger partial charge on any atom is -0.465 e. The van der Waals surface area contributed by atoms with Gasteiger partial charge in [-0.15, -0.1) is 0 Å². The van der Waals surface area contributed by atoms with Crippen molar-refractivity contribution >= 4 is 33.4 Å². The fourth-order valence-corrected chi connectivity index (χ4v) is 3.84. The molecule has 0 radical (unpaired) electrons. The summed E-state index contributed by atoms with van der Waals surface area (Å²) in [7, 11) is 0. The number of rotatable bonds is 3. The third kappa shape index (κ3) is 3.09. The minimum absolute atomic E-state index is 0.106. The molecule has 1 aliphatic carbocycles. The molecule has 0 fully saturated rings. The first-order valence-corrected chi connectivity index (χ1v) is 9.05. The van der Waals surface area contributed by atoms with Gasteiger partial charge in [0.2, 0.25) is 0 Å². The van der Waals surface area contributed by atoms with E-state index in [1.165, 1.54) is 0 Å². The average Bonchev–Trinajstić information content (AvgIpc) is 2.55. The lowest BCUT2D eigenvalue weighted by Crippen LogP contribution is -2.37. The number of allylic oxidation sites excluding steroid dienone is 2. The van der Waals surface area contributed by atoms with Crippen molar-refractivity contribution in [1.29, 1.82) is 0 Å². The van der Waals surface area contributed by atoms with E-state index in [4.69, 9.17) is 4.74 Å². The highest BCUT2D eigenvalue weighted by atomic mass is 79.9. The lowest BCUT2D eigenvalue weighted by Gasteiger charge is -2.34. The second-order valence-corrected chi connectivity index (χ2v) is 7.06. The van der Waals surface area contributed by atoms with Gasteiger partial charge in [0.15, 0.2) is 5.78 Å². The molecule has 1 heterocycles. The number of halogens is 1. The summed E-state index contributed by atoms with van der Waals surface area (Å²) < 4.78 is 6.24. The molecule has 24 heavy (non-hydrogen) atoms. The fraction of sp³-hybridized carbons (Fsp3) is 0.421. The van der Waals surface area contributed by atoms with Crippen LogP contribution in [-0.4, -0.2) is 24.1 Å². The van der Waals surface area contributed by atoms with Gasteiger partial charge in [0, 0.05) is 33.8 Å². The number of hydrogen-bond donors (Lipinski definition) is 0. The molecule has 3 rings (SSSR count). The Morgan fingerprint density at radius 1 is 1.29 bits per heavy atom. The molecule has 2 atom stereocenters. The quantitative estimate of drug-likeness (QED) is 0.728. The number of esters is 1. The molecule has 0 aromatic heterocycles. The lowest BCUT2D eigenvalue weighted by atomic mass is 9.72. The molecule has 5 heteroatoms. The molecule has 4 nitrogen and oxygen atoms in total. The predicted molar refractivity (Wildman–Crippen MR) is 96.0 cm³/mol. The molecule has 0 N–H and O–H groups in total. The van der Waals surface area contributed by atoms with Gasteiger partial charge in [-0.25, -0.2) is 0 Å². The van der Waals surface area contributed by atoms with Gasteiger partial charge in [0.25, 0.3) is 0 Å². The summed E-state index contributed by atoms with van der Waals surface area (Å²) >= 11 is 3.44. The summed E-state index contributed by atoms with van der Waals surface area (Å²) in [6.07, 6.45) is 2.14. The molecular formula is C19H20BrNO3. The van der Waals surface area contributed by atoms with Gasteiger partial charge < -0.3 is 4.74 Å². The van der Waals surface area contributed by atoms with Crippen molar-refractivity contribution < 1.29 is 14.3 Å². The van der Waals surface area contributed by atoms with Gasteiger partial charge in [0.1, 0.15) is 5.92 Å². The van der Waals surface area contributed by atoms with Gasteiger partial charge >= 0.3 is 5.97 Å². The van der Waals surface area contributed by atoms with Gasteiger partial charge in [-0.3, -0.25) is 14.6 Å². The molecule has 0 saturated heterocycles. The van der Waals surface area contributed by atoms with Crippen molar-refractivity contribution in [1.82, 2.24) is 0 Å². The van der Waals surface area contributed by atoms with E-state index in [-0.39, 0.29) is 17.7 Å². The largest absolute Gasteiger partial charge is 0.465 e. The van der Waals surface area contributed by atoms with Crippen LogP contribution in [0.25, 0.3) is 0 Å². The summed E-state index contributed by atoms with van der Waals surface area (Å²) in [6, 6.07) is 7.80. The highest BCUT2D eigenvalue weighted by Gasteiger charge is 2.42. The normalized spacial score (nSPS) is 23.6. The van der Waals surface area contributed by atoms with Crippen molar-refractivity contribution in [3.8, 4) is 0 Å². The summed E-state index contributed by atoms with van der Waals surface area (Å²) in [5.74, 6) is -1.05. The second-order valence-electron chi connectivity index (χ2n) is 6.15. The number of ether oxygens (including phenoxy) is 1. The first-order chi connectivity index (χ1) is 11.5. The van der Waals surface area contributed by atoms with Crippen LogP contribution in [0.4, 0.5) is 0 Å². The van der Waals surface area contributed by atoms with E-state index in [9.17, 15) is 9.59 Å². The van der Waals surface area contributed by atoms with Crippen molar-refractivity contribution in [3.05, 3.63) is 45.6 Å². The molecule has 2 aliphatic rings. The third-order valence-corrected chi connectivity index (χ3v) is 5.13. The number of carbonyl (C=O) groups is 2. The molecule has 1 aliphatic heterocycles. The van der Waals surface area contributed by atoms with Crippen molar-refractivity contribution in [3.63, 3.8) is 0 Å². The van der Waals surface area contributed by atoms with Crippen LogP contribution < -0.4 is 0 Å². The zero-order valence-electron chi connectivity index (χ0n) is 13.8. The molecule has 0 amide bonds. The zero-order chi connectivity index (χ0) is 17.3. The van der Waals surface area contributed by atoms with E-state index < -0.39 is 5.92 Å². The van der Waals surface area contributed by atoms with Crippen molar-refractivity contribution in [2.24, 2.45) is 10.9 Å². The first-order valence-electron chi connectivity index (χ1n) is 8.26. The van der Waals surface area contributed by atoms with E-state index in [1.807, 2.05) is 31.2 Å². The topological polar surface area (TPSA) is 55.7 Å². The Balaban J connectivity index is 2.13. The third-order valence-electron chi connectivity index (χ3n) is 4.60. The molecule has 0 spiro atoms. The minimum atomic E-state index is -0.535. The summed E-state index contributed by atoms with van der Waals surface area (Å²) in [4.78, 5) is 29.8. The maximum Gasteiger partial charge on any atom is 0.315 e. The van der Waals surface area contributed by atoms with Crippen LogP contribution in [0, 0.1) is 5.92 Å². The number of aliphatic imine (C=N–C) groups is 1. The molecule has 1 aromatic carbocycles. The van der Waals surface area contributed by atoms with Gasteiger partial charge in [-0.1, -0.05) is 28.1 Å². The average molecular weight is 390 g/mol. The highest BCUT2D eigenvalue weighted by molar-refractivity contribution is 9.10. The molecule has 1 unspecified atom stereocenters. The van der Waals surface area contributed by atoms with Crippen LogP contribution >= 0.6 is 15.9 Å². The van der Waals surface area contributed by atoms with Gasteiger partial charge in [0.05, 0.1) is 6.61 Å². The maximum absolute atomic E-state index is 12.6. The van der Waals surface area contributed by atoms with Gasteiger partial charge in [-0.05, 0) is 44.4 Å². The van der Waals surface area contributed by atoms with Crippen molar-refractivity contribution in [2.75, 3.05) is 6.61 Å². The van der Waals surface area contributed by atoms with Crippen LogP contribution in [-0.2, 0) is 14.3 Å². The molecule has 1 aromatic rings. The monoisotopic (exact) mass is 389 g/mol. The molecule has 0 saturated carbocycles. The fourth-order valence-electron chi connectivity index (χ4n) is 3.57. The van der Waals surface area contributed by atoms with E-state index in [2.05, 4.69) is 20.9 Å². The van der Waals surface area contributed by atoms with E-state index in [0.717, 1.165) is 34.3 Å². The number of ketones is 1.